The fourth-order valence-corrected chi connectivity index (χ4v) is 3.73. The molecule has 102 valence electrons. The van der Waals surface area contributed by atoms with Crippen molar-refractivity contribution in [3.05, 3.63) is 29.6 Å². The van der Waals surface area contributed by atoms with E-state index in [-0.39, 0.29) is 10.8 Å². The highest BCUT2D eigenvalue weighted by molar-refractivity contribution is 7.80. The lowest BCUT2D eigenvalue weighted by atomic mass is 9.85. The molecule has 2 fully saturated rings. The molecule has 0 aromatic heterocycles. The predicted octanol–water partition coefficient (Wildman–Crippen LogP) is 3.23. The SMILES string of the molecule is NC(=S)c1ccc(N2CCC3CCCCC32)c(F)c1. The van der Waals surface area contributed by atoms with E-state index in [9.17, 15) is 4.39 Å². The molecule has 2 aliphatic rings. The van der Waals surface area contributed by atoms with E-state index < -0.39 is 0 Å². The Bertz CT molecular complexity index is 503. The van der Waals surface area contributed by atoms with Crippen molar-refractivity contribution >= 4 is 22.9 Å². The van der Waals surface area contributed by atoms with E-state index in [1.807, 2.05) is 12.1 Å². The van der Waals surface area contributed by atoms with E-state index >= 15 is 0 Å². The van der Waals surface area contributed by atoms with Gasteiger partial charge in [-0.1, -0.05) is 25.1 Å². The number of rotatable bonds is 2. The van der Waals surface area contributed by atoms with Crippen molar-refractivity contribution in [1.29, 1.82) is 0 Å². The Balaban J connectivity index is 1.88. The van der Waals surface area contributed by atoms with Gasteiger partial charge in [-0.2, -0.15) is 0 Å². The van der Waals surface area contributed by atoms with Gasteiger partial charge in [-0.3, -0.25) is 0 Å². The van der Waals surface area contributed by atoms with E-state index in [4.69, 9.17) is 18.0 Å². The van der Waals surface area contributed by atoms with Gasteiger partial charge in [-0.15, -0.1) is 0 Å². The minimum absolute atomic E-state index is 0.198. The molecule has 2 atom stereocenters. The van der Waals surface area contributed by atoms with Crippen LogP contribution >= 0.6 is 12.2 Å². The number of thiocarbonyl (C=S) groups is 1. The summed E-state index contributed by atoms with van der Waals surface area (Å²) < 4.78 is 14.3. The fourth-order valence-electron chi connectivity index (χ4n) is 3.60. The lowest BCUT2D eigenvalue weighted by molar-refractivity contribution is 0.341. The molecule has 1 heterocycles. The van der Waals surface area contributed by atoms with Gasteiger partial charge in [0.05, 0.1) is 5.69 Å². The van der Waals surface area contributed by atoms with E-state index in [2.05, 4.69) is 4.90 Å². The Morgan fingerprint density at radius 2 is 2.05 bits per heavy atom. The van der Waals surface area contributed by atoms with Crippen LogP contribution < -0.4 is 10.6 Å². The first kappa shape index (κ1) is 12.9. The van der Waals surface area contributed by atoms with Crippen LogP contribution in [0.3, 0.4) is 0 Å². The third-order valence-electron chi connectivity index (χ3n) is 4.55. The Hall–Kier alpha value is -1.16. The summed E-state index contributed by atoms with van der Waals surface area (Å²) in [6, 6.07) is 5.66. The van der Waals surface area contributed by atoms with Crippen molar-refractivity contribution in [2.24, 2.45) is 11.7 Å². The van der Waals surface area contributed by atoms with Gasteiger partial charge in [0.1, 0.15) is 10.8 Å². The third kappa shape index (κ3) is 2.34. The molecule has 3 rings (SSSR count). The molecule has 1 aromatic carbocycles. The zero-order valence-electron chi connectivity index (χ0n) is 10.9. The Morgan fingerprint density at radius 1 is 1.26 bits per heavy atom. The Labute approximate surface area is 118 Å². The molecule has 1 aliphatic carbocycles. The minimum atomic E-state index is -0.198. The smallest absolute Gasteiger partial charge is 0.147 e. The Morgan fingerprint density at radius 3 is 2.79 bits per heavy atom. The second kappa shape index (κ2) is 5.08. The van der Waals surface area contributed by atoms with E-state index in [0.29, 0.717) is 11.6 Å². The lowest BCUT2D eigenvalue weighted by Crippen LogP contribution is -2.35. The number of hydrogen-bond donors (Lipinski definition) is 1. The molecular weight excluding hydrogens is 259 g/mol. The maximum absolute atomic E-state index is 14.3. The summed E-state index contributed by atoms with van der Waals surface area (Å²) in [5.74, 6) is 0.555. The number of anilines is 1. The number of nitrogens with two attached hydrogens (primary N) is 1. The van der Waals surface area contributed by atoms with Crippen molar-refractivity contribution in [2.75, 3.05) is 11.4 Å². The zero-order chi connectivity index (χ0) is 13.4. The van der Waals surface area contributed by atoms with Gasteiger partial charge < -0.3 is 10.6 Å². The minimum Gasteiger partial charge on any atom is -0.389 e. The number of benzene rings is 1. The molecule has 0 spiro atoms. The first-order valence-electron chi connectivity index (χ1n) is 7.03. The van der Waals surface area contributed by atoms with Crippen LogP contribution in [0.5, 0.6) is 0 Å². The molecule has 2 unspecified atom stereocenters. The molecule has 1 saturated carbocycles. The topological polar surface area (TPSA) is 29.3 Å². The normalized spacial score (nSPS) is 26.3. The van der Waals surface area contributed by atoms with Crippen LogP contribution in [-0.2, 0) is 0 Å². The van der Waals surface area contributed by atoms with Crippen molar-refractivity contribution in [3.63, 3.8) is 0 Å². The zero-order valence-corrected chi connectivity index (χ0v) is 11.8. The van der Waals surface area contributed by atoms with Gasteiger partial charge in [0.15, 0.2) is 0 Å². The average molecular weight is 278 g/mol. The van der Waals surface area contributed by atoms with E-state index in [1.54, 1.807) is 0 Å². The second-order valence-electron chi connectivity index (χ2n) is 5.62. The maximum atomic E-state index is 14.3. The van der Waals surface area contributed by atoms with Crippen molar-refractivity contribution in [1.82, 2.24) is 0 Å². The predicted molar refractivity (Wildman–Crippen MR) is 80.0 cm³/mol. The maximum Gasteiger partial charge on any atom is 0.147 e. The largest absolute Gasteiger partial charge is 0.389 e. The van der Waals surface area contributed by atoms with Crippen LogP contribution in [-0.4, -0.2) is 17.6 Å². The molecule has 1 aliphatic heterocycles. The molecule has 1 saturated heterocycles. The van der Waals surface area contributed by atoms with Gasteiger partial charge in [-0.05, 0) is 43.4 Å². The molecule has 4 heteroatoms. The number of halogens is 1. The molecule has 19 heavy (non-hydrogen) atoms. The summed E-state index contributed by atoms with van der Waals surface area (Å²) in [7, 11) is 0. The number of nitrogens with zero attached hydrogens (tertiary/aromatic N) is 1. The van der Waals surface area contributed by atoms with Crippen molar-refractivity contribution in [2.45, 2.75) is 38.1 Å². The summed E-state index contributed by atoms with van der Waals surface area (Å²) >= 11 is 4.89. The number of hydrogen-bond acceptors (Lipinski definition) is 2. The standard InChI is InChI=1S/C15H19FN2S/c16-12-9-11(15(17)19)5-6-14(12)18-8-7-10-3-1-2-4-13(10)18/h5-6,9-10,13H,1-4,7-8H2,(H2,17,19). The van der Waals surface area contributed by atoms with Crippen molar-refractivity contribution in [3.8, 4) is 0 Å². The average Bonchev–Trinajstić information content (AvgIpc) is 2.82. The van der Waals surface area contributed by atoms with Crippen molar-refractivity contribution < 1.29 is 4.39 Å². The fraction of sp³-hybridized carbons (Fsp3) is 0.533. The van der Waals surface area contributed by atoms with Crippen LogP contribution in [0.2, 0.25) is 0 Å². The molecule has 0 bridgehead atoms. The lowest BCUT2D eigenvalue weighted by Gasteiger charge is -2.33. The monoisotopic (exact) mass is 278 g/mol. The van der Waals surface area contributed by atoms with Gasteiger partial charge in [0.25, 0.3) is 0 Å². The molecule has 0 radical (unpaired) electrons. The molecular formula is C15H19FN2S. The van der Waals surface area contributed by atoms with Gasteiger partial charge in [0.2, 0.25) is 0 Å². The highest BCUT2D eigenvalue weighted by Crippen LogP contribution is 2.39. The molecule has 0 amide bonds. The number of fused-ring (bicyclic) bond motifs is 1. The molecule has 2 nitrogen and oxygen atoms in total. The van der Waals surface area contributed by atoms with Crippen LogP contribution in [0, 0.1) is 11.7 Å². The second-order valence-corrected chi connectivity index (χ2v) is 6.06. The first-order chi connectivity index (χ1) is 9.16. The summed E-state index contributed by atoms with van der Waals surface area (Å²) in [4.78, 5) is 2.50. The molecule has 2 N–H and O–H groups in total. The third-order valence-corrected chi connectivity index (χ3v) is 4.79. The Kier molecular flexibility index (Phi) is 3.44. The highest BCUT2D eigenvalue weighted by Gasteiger charge is 2.36. The summed E-state index contributed by atoms with van der Waals surface area (Å²) in [5.41, 5.74) is 6.87. The first-order valence-corrected chi connectivity index (χ1v) is 7.43. The van der Waals surface area contributed by atoms with Crippen LogP contribution in [0.15, 0.2) is 18.2 Å². The summed E-state index contributed by atoms with van der Waals surface area (Å²) in [6.45, 7) is 0.971. The highest BCUT2D eigenvalue weighted by atomic mass is 32.1. The van der Waals surface area contributed by atoms with Gasteiger partial charge >= 0.3 is 0 Å². The molecule has 1 aromatic rings. The van der Waals surface area contributed by atoms with Crippen LogP contribution in [0.25, 0.3) is 0 Å². The van der Waals surface area contributed by atoms with Crippen LogP contribution in [0.4, 0.5) is 10.1 Å². The van der Waals surface area contributed by atoms with E-state index in [0.717, 1.165) is 18.2 Å². The van der Waals surface area contributed by atoms with E-state index in [1.165, 1.54) is 38.2 Å². The summed E-state index contributed by atoms with van der Waals surface area (Å²) in [5, 5.41) is 0. The van der Waals surface area contributed by atoms with Gasteiger partial charge in [-0.25, -0.2) is 4.39 Å². The quantitative estimate of drug-likeness (QED) is 0.842. The van der Waals surface area contributed by atoms with Gasteiger partial charge in [0, 0.05) is 18.2 Å². The summed E-state index contributed by atoms with van der Waals surface area (Å²) in [6.07, 6.45) is 6.29. The van der Waals surface area contributed by atoms with Crippen LogP contribution in [0.1, 0.15) is 37.7 Å².